The molecule has 4 amide bonds. The molecule has 2 aromatic rings. The molecule has 0 saturated carbocycles. The number of carbonyl (C=O) groups is 3. The normalized spacial score (nSPS) is 10.2. The monoisotopic (exact) mass is 434 g/mol. The summed E-state index contributed by atoms with van der Waals surface area (Å²) in [5, 5.41) is 11.0. The lowest BCUT2D eigenvalue weighted by Crippen LogP contribution is -2.38. The minimum atomic E-state index is -0.475. The molecule has 4 N–H and O–H groups in total. The van der Waals surface area contributed by atoms with E-state index in [-0.39, 0.29) is 30.3 Å². The molecule has 0 radical (unpaired) electrons. The van der Waals surface area contributed by atoms with Gasteiger partial charge in [-0.05, 0) is 49.2 Å². The van der Waals surface area contributed by atoms with Crippen LogP contribution in [0.25, 0.3) is 0 Å². The van der Waals surface area contributed by atoms with Crippen LogP contribution in [0.1, 0.15) is 28.8 Å². The Morgan fingerprint density at radius 3 is 2.43 bits per heavy atom. The number of rotatable bonds is 9. The third-order valence-electron chi connectivity index (χ3n) is 4.05. The number of carbonyl (C=O) groups excluding carboxylic acids is 3. The molecule has 0 saturated heterocycles. The van der Waals surface area contributed by atoms with Gasteiger partial charge in [-0.15, -0.1) is 0 Å². The highest BCUT2D eigenvalue weighted by Crippen LogP contribution is 2.22. The van der Waals surface area contributed by atoms with E-state index >= 15 is 0 Å². The van der Waals surface area contributed by atoms with Crippen molar-refractivity contribution >= 4 is 35.1 Å². The Balaban J connectivity index is 1.55. The summed E-state index contributed by atoms with van der Waals surface area (Å²) >= 11 is 6.06. The molecule has 9 heteroatoms. The van der Waals surface area contributed by atoms with Crippen molar-refractivity contribution in [1.82, 2.24) is 16.0 Å². The first kappa shape index (κ1) is 23.2. The van der Waals surface area contributed by atoms with Crippen molar-refractivity contribution in [3.63, 3.8) is 0 Å². The number of nitrogens with one attached hydrogen (secondary N) is 4. The van der Waals surface area contributed by atoms with Crippen molar-refractivity contribution in [2.45, 2.75) is 19.8 Å². The van der Waals surface area contributed by atoms with Gasteiger partial charge < -0.3 is 21.3 Å². The number of hydrogen-bond donors (Lipinski definition) is 4. The lowest BCUT2D eigenvalue weighted by molar-refractivity contribution is -0.116. The molecule has 160 valence electrons. The number of halogens is 2. The first-order chi connectivity index (χ1) is 14.3. The van der Waals surface area contributed by atoms with E-state index in [2.05, 4.69) is 21.3 Å². The van der Waals surface area contributed by atoms with Gasteiger partial charge in [-0.3, -0.25) is 9.59 Å². The van der Waals surface area contributed by atoms with Crippen molar-refractivity contribution in [3.05, 3.63) is 64.4 Å². The molecule has 7 nitrogen and oxygen atoms in total. The average molecular weight is 435 g/mol. The summed E-state index contributed by atoms with van der Waals surface area (Å²) in [7, 11) is 0. The predicted octanol–water partition coefficient (Wildman–Crippen LogP) is 3.24. The summed E-state index contributed by atoms with van der Waals surface area (Å²) in [5.74, 6) is -1.11. The molecule has 0 aliphatic rings. The van der Waals surface area contributed by atoms with E-state index in [9.17, 15) is 18.8 Å². The van der Waals surface area contributed by atoms with Gasteiger partial charge in [0, 0.05) is 31.6 Å². The summed E-state index contributed by atoms with van der Waals surface area (Å²) in [6.07, 6.45) is 0.599. The summed E-state index contributed by atoms with van der Waals surface area (Å²) in [6.45, 7) is 2.73. The third-order valence-corrected chi connectivity index (χ3v) is 4.36. The zero-order chi connectivity index (χ0) is 21.9. The zero-order valence-corrected chi connectivity index (χ0v) is 17.3. The Morgan fingerprint density at radius 2 is 1.70 bits per heavy atom. The third kappa shape index (κ3) is 8.08. The molecule has 0 unspecified atom stereocenters. The maximum atomic E-state index is 13.1. The molecule has 2 rings (SSSR count). The molecule has 0 aromatic heterocycles. The van der Waals surface area contributed by atoms with E-state index in [1.54, 1.807) is 12.1 Å². The first-order valence-electron chi connectivity index (χ1n) is 9.46. The first-order valence-corrected chi connectivity index (χ1v) is 9.84. The second-order valence-corrected chi connectivity index (χ2v) is 6.99. The van der Waals surface area contributed by atoms with Crippen LogP contribution in [0.15, 0.2) is 42.5 Å². The van der Waals surface area contributed by atoms with E-state index in [1.165, 1.54) is 18.2 Å². The van der Waals surface area contributed by atoms with Crippen LogP contribution in [0, 0.1) is 12.7 Å². The van der Waals surface area contributed by atoms with Crippen molar-refractivity contribution in [1.29, 1.82) is 0 Å². The molecule has 0 atom stereocenters. The summed E-state index contributed by atoms with van der Waals surface area (Å²) < 4.78 is 13.1. The molecular weight excluding hydrogens is 411 g/mol. The van der Waals surface area contributed by atoms with Crippen molar-refractivity contribution in [2.75, 3.05) is 25.0 Å². The predicted molar refractivity (Wildman–Crippen MR) is 114 cm³/mol. The largest absolute Gasteiger partial charge is 0.352 e. The molecular formula is C21H24ClFN4O3. The molecule has 0 spiro atoms. The van der Waals surface area contributed by atoms with Crippen LogP contribution in [-0.4, -0.2) is 37.5 Å². The Kier molecular flexibility index (Phi) is 9.08. The van der Waals surface area contributed by atoms with Gasteiger partial charge >= 0.3 is 6.03 Å². The smallest absolute Gasteiger partial charge is 0.314 e. The van der Waals surface area contributed by atoms with Gasteiger partial charge in [0.1, 0.15) is 5.82 Å². The van der Waals surface area contributed by atoms with Crippen molar-refractivity contribution in [2.24, 2.45) is 0 Å². The van der Waals surface area contributed by atoms with Crippen LogP contribution in [0.2, 0.25) is 5.02 Å². The van der Waals surface area contributed by atoms with Gasteiger partial charge in [-0.2, -0.15) is 0 Å². The maximum Gasteiger partial charge on any atom is 0.314 e. The van der Waals surface area contributed by atoms with Crippen LogP contribution in [0.5, 0.6) is 0 Å². The zero-order valence-electron chi connectivity index (χ0n) is 16.6. The second kappa shape index (κ2) is 11.8. The fourth-order valence-corrected chi connectivity index (χ4v) is 2.79. The second-order valence-electron chi connectivity index (χ2n) is 6.58. The van der Waals surface area contributed by atoms with Gasteiger partial charge in [0.25, 0.3) is 5.91 Å². The maximum absolute atomic E-state index is 13.1. The van der Waals surface area contributed by atoms with E-state index < -0.39 is 11.8 Å². The molecule has 2 aromatic carbocycles. The van der Waals surface area contributed by atoms with Gasteiger partial charge in [-0.25, -0.2) is 9.18 Å². The van der Waals surface area contributed by atoms with Crippen LogP contribution in [-0.2, 0) is 4.79 Å². The van der Waals surface area contributed by atoms with Gasteiger partial charge in [0.15, 0.2) is 0 Å². The number of aryl methyl sites for hydroxylation is 1. The summed E-state index contributed by atoms with van der Waals surface area (Å²) in [4.78, 5) is 35.5. The Morgan fingerprint density at radius 1 is 0.967 bits per heavy atom. The highest BCUT2D eigenvalue weighted by Gasteiger charge is 2.08. The molecule has 30 heavy (non-hydrogen) atoms. The van der Waals surface area contributed by atoms with Crippen molar-refractivity contribution < 1.29 is 18.8 Å². The lowest BCUT2D eigenvalue weighted by atomic mass is 10.2. The fraction of sp³-hybridized carbons (Fsp3) is 0.286. The number of amides is 4. The van der Waals surface area contributed by atoms with E-state index in [0.717, 1.165) is 11.6 Å². The highest BCUT2D eigenvalue weighted by atomic mass is 35.5. The van der Waals surface area contributed by atoms with Gasteiger partial charge in [-0.1, -0.05) is 23.7 Å². The van der Waals surface area contributed by atoms with Crippen LogP contribution < -0.4 is 21.3 Å². The van der Waals surface area contributed by atoms with Crippen molar-refractivity contribution in [3.8, 4) is 0 Å². The topological polar surface area (TPSA) is 99.3 Å². The lowest BCUT2D eigenvalue weighted by Gasteiger charge is -2.10. The Labute approximate surface area is 179 Å². The van der Waals surface area contributed by atoms with Gasteiger partial charge in [0.05, 0.1) is 10.7 Å². The minimum Gasteiger partial charge on any atom is -0.352 e. The quantitative estimate of drug-likeness (QED) is 0.456. The molecule has 0 aliphatic carbocycles. The molecule has 0 bridgehead atoms. The minimum absolute atomic E-state index is 0.0985. The molecule has 0 aliphatic heterocycles. The highest BCUT2D eigenvalue weighted by molar-refractivity contribution is 6.33. The summed E-state index contributed by atoms with van der Waals surface area (Å²) in [5.41, 5.74) is 1.76. The number of hydrogen-bond acceptors (Lipinski definition) is 3. The standard InChI is InChI=1S/C21H24ClFN4O3/c1-14-6-7-18(17(22)12-14)27-19(28)8-11-26-21(30)25-10-3-9-24-20(29)15-4-2-5-16(23)13-15/h2,4-7,12-13H,3,8-11H2,1H3,(H,24,29)(H,27,28)(H2,25,26,30). The van der Waals surface area contributed by atoms with Crippen LogP contribution in [0.4, 0.5) is 14.9 Å². The summed E-state index contributed by atoms with van der Waals surface area (Å²) in [6, 6.07) is 10.3. The number of anilines is 1. The van der Waals surface area contributed by atoms with Gasteiger partial charge in [0.2, 0.25) is 5.91 Å². The van der Waals surface area contributed by atoms with E-state index in [1.807, 2.05) is 13.0 Å². The SMILES string of the molecule is Cc1ccc(NC(=O)CCNC(=O)NCCCNC(=O)c2cccc(F)c2)c(Cl)c1. The van der Waals surface area contributed by atoms with Crippen LogP contribution in [0.3, 0.4) is 0 Å². The fourth-order valence-electron chi connectivity index (χ4n) is 2.51. The van der Waals surface area contributed by atoms with E-state index in [4.69, 9.17) is 11.6 Å². The Hall–Kier alpha value is -3.13. The number of urea groups is 1. The average Bonchev–Trinajstić information content (AvgIpc) is 2.69. The Bertz CT molecular complexity index is 908. The molecule has 0 heterocycles. The molecule has 0 fully saturated rings. The van der Waals surface area contributed by atoms with E-state index in [0.29, 0.717) is 30.2 Å². The number of benzene rings is 2. The van der Waals surface area contributed by atoms with Crippen LogP contribution >= 0.6 is 11.6 Å².